The molecule has 0 saturated heterocycles. The third-order valence-corrected chi connectivity index (χ3v) is 4.28. The molecule has 2 nitrogen and oxygen atoms in total. The molecule has 0 aromatic heterocycles. The molecule has 0 spiro atoms. The van der Waals surface area contributed by atoms with Crippen molar-refractivity contribution in [1.82, 2.24) is 0 Å². The van der Waals surface area contributed by atoms with Gasteiger partial charge in [0.15, 0.2) is 0 Å². The number of halogens is 2. The number of aliphatic hydroxyl groups is 1. The number of hydrogen-bond acceptors (Lipinski definition) is 2. The average Bonchev–Trinajstić information content (AvgIpc) is 2.86. The Bertz CT molecular complexity index is 605. The molecule has 0 fully saturated rings. The predicted molar refractivity (Wildman–Crippen MR) is 78.4 cm³/mol. The largest absolute Gasteiger partial charge is 0.487 e. The van der Waals surface area contributed by atoms with Gasteiger partial charge in [-0.2, -0.15) is 0 Å². The third-order valence-electron chi connectivity index (χ3n) is 3.55. The molecular formula is C16H14BrFO2. The maximum absolute atomic E-state index is 13.0. The molecule has 104 valence electrons. The van der Waals surface area contributed by atoms with Crippen LogP contribution in [0.3, 0.4) is 0 Å². The first-order valence-electron chi connectivity index (χ1n) is 6.50. The quantitative estimate of drug-likeness (QED) is 0.929. The zero-order chi connectivity index (χ0) is 14.1. The fourth-order valence-corrected chi connectivity index (χ4v) is 2.98. The van der Waals surface area contributed by atoms with E-state index in [1.54, 1.807) is 6.07 Å². The predicted octanol–water partition coefficient (Wildman–Crippen LogP) is 3.50. The minimum Gasteiger partial charge on any atom is -0.487 e. The molecule has 2 aromatic carbocycles. The van der Waals surface area contributed by atoms with E-state index in [9.17, 15) is 9.50 Å². The molecule has 2 aromatic rings. The van der Waals surface area contributed by atoms with Crippen LogP contribution in [-0.4, -0.2) is 17.3 Å². The number of benzene rings is 2. The Labute approximate surface area is 125 Å². The summed E-state index contributed by atoms with van der Waals surface area (Å²) in [5, 5.41) is 10.3. The van der Waals surface area contributed by atoms with Crippen molar-refractivity contribution < 1.29 is 14.2 Å². The number of para-hydroxylation sites is 1. The lowest BCUT2D eigenvalue weighted by Crippen LogP contribution is -2.32. The second-order valence-corrected chi connectivity index (χ2v) is 5.83. The van der Waals surface area contributed by atoms with Crippen molar-refractivity contribution in [1.29, 1.82) is 0 Å². The van der Waals surface area contributed by atoms with Gasteiger partial charge in [-0.25, -0.2) is 4.39 Å². The van der Waals surface area contributed by atoms with Crippen LogP contribution < -0.4 is 4.74 Å². The van der Waals surface area contributed by atoms with Crippen molar-refractivity contribution in [2.75, 3.05) is 0 Å². The van der Waals surface area contributed by atoms with Gasteiger partial charge in [-0.3, -0.25) is 0 Å². The van der Waals surface area contributed by atoms with Crippen LogP contribution in [-0.2, 0) is 12.8 Å². The molecule has 4 heteroatoms. The summed E-state index contributed by atoms with van der Waals surface area (Å²) in [5.41, 5.74) is 1.99. The highest BCUT2D eigenvalue weighted by Gasteiger charge is 2.29. The summed E-state index contributed by atoms with van der Waals surface area (Å²) in [6.07, 6.45) is 0.267. The number of ether oxygens (including phenoxy) is 1. The maximum Gasteiger partial charge on any atom is 0.129 e. The first-order valence-corrected chi connectivity index (χ1v) is 7.29. The van der Waals surface area contributed by atoms with Crippen LogP contribution in [0.15, 0.2) is 46.9 Å². The summed E-state index contributed by atoms with van der Waals surface area (Å²) in [6, 6.07) is 12.3. The van der Waals surface area contributed by atoms with Crippen LogP contribution >= 0.6 is 15.9 Å². The van der Waals surface area contributed by atoms with E-state index in [1.807, 2.05) is 24.3 Å². The Morgan fingerprint density at radius 1 is 1.30 bits per heavy atom. The molecule has 0 amide bonds. The molecule has 1 aliphatic heterocycles. The van der Waals surface area contributed by atoms with Gasteiger partial charge in [-0.05, 0) is 29.3 Å². The van der Waals surface area contributed by atoms with Crippen molar-refractivity contribution in [2.45, 2.75) is 25.0 Å². The van der Waals surface area contributed by atoms with Gasteiger partial charge in [0, 0.05) is 17.3 Å². The molecule has 1 aliphatic rings. The lowest BCUT2D eigenvalue weighted by molar-refractivity contribution is 0.0502. The molecular weight excluding hydrogens is 323 g/mol. The molecule has 1 N–H and O–H groups in total. The smallest absolute Gasteiger partial charge is 0.129 e. The SMILES string of the molecule is OC(Cc1ccc(F)cc1Br)C1Cc2ccccc2O1. The monoisotopic (exact) mass is 336 g/mol. The molecule has 0 radical (unpaired) electrons. The Hall–Kier alpha value is -1.39. The van der Waals surface area contributed by atoms with Crippen LogP contribution in [0.4, 0.5) is 4.39 Å². The fraction of sp³-hybridized carbons (Fsp3) is 0.250. The first-order chi connectivity index (χ1) is 9.63. The second-order valence-electron chi connectivity index (χ2n) is 4.98. The van der Waals surface area contributed by atoms with E-state index in [2.05, 4.69) is 15.9 Å². The standard InChI is InChI=1S/C16H14BrFO2/c17-13-9-12(18)6-5-10(13)7-14(19)16-8-11-3-1-2-4-15(11)20-16/h1-6,9,14,16,19H,7-8H2. The van der Waals surface area contributed by atoms with E-state index < -0.39 is 6.10 Å². The molecule has 0 saturated carbocycles. The summed E-state index contributed by atoms with van der Waals surface area (Å²) in [5.74, 6) is 0.550. The fourth-order valence-electron chi connectivity index (χ4n) is 2.47. The van der Waals surface area contributed by atoms with E-state index in [4.69, 9.17) is 4.74 Å². The highest BCUT2D eigenvalue weighted by atomic mass is 79.9. The van der Waals surface area contributed by atoms with E-state index in [1.165, 1.54) is 12.1 Å². The van der Waals surface area contributed by atoms with Crippen LogP contribution in [0, 0.1) is 5.82 Å². The summed E-state index contributed by atoms with van der Waals surface area (Å²) in [7, 11) is 0. The van der Waals surface area contributed by atoms with E-state index in [0.717, 1.165) is 16.9 Å². The molecule has 0 aliphatic carbocycles. The lowest BCUT2D eigenvalue weighted by atomic mass is 10.0. The van der Waals surface area contributed by atoms with Gasteiger partial charge in [0.25, 0.3) is 0 Å². The van der Waals surface area contributed by atoms with Crippen molar-refractivity contribution in [3.05, 3.63) is 63.9 Å². The molecule has 3 rings (SSSR count). The molecule has 2 unspecified atom stereocenters. The zero-order valence-electron chi connectivity index (χ0n) is 10.7. The Morgan fingerprint density at radius 2 is 2.10 bits per heavy atom. The Kier molecular flexibility index (Phi) is 3.76. The van der Waals surface area contributed by atoms with Crippen LogP contribution in [0.1, 0.15) is 11.1 Å². The maximum atomic E-state index is 13.0. The summed E-state index contributed by atoms with van der Waals surface area (Å²) < 4.78 is 19.5. The van der Waals surface area contributed by atoms with Gasteiger partial charge < -0.3 is 9.84 Å². The zero-order valence-corrected chi connectivity index (χ0v) is 12.3. The van der Waals surface area contributed by atoms with Gasteiger partial charge in [0.05, 0.1) is 6.10 Å². The van der Waals surface area contributed by atoms with Crippen molar-refractivity contribution in [2.24, 2.45) is 0 Å². The number of hydrogen-bond donors (Lipinski definition) is 1. The van der Waals surface area contributed by atoms with Gasteiger partial charge in [0.2, 0.25) is 0 Å². The van der Waals surface area contributed by atoms with Crippen molar-refractivity contribution >= 4 is 15.9 Å². The van der Waals surface area contributed by atoms with Gasteiger partial charge in [0.1, 0.15) is 17.7 Å². The summed E-state index contributed by atoms with van der Waals surface area (Å²) >= 11 is 3.32. The molecule has 1 heterocycles. The van der Waals surface area contributed by atoms with Crippen molar-refractivity contribution in [3.63, 3.8) is 0 Å². The molecule has 20 heavy (non-hydrogen) atoms. The highest BCUT2D eigenvalue weighted by molar-refractivity contribution is 9.10. The molecule has 2 atom stereocenters. The van der Waals surface area contributed by atoms with Crippen LogP contribution in [0.5, 0.6) is 5.75 Å². The van der Waals surface area contributed by atoms with Crippen molar-refractivity contribution in [3.8, 4) is 5.75 Å². The number of rotatable bonds is 3. The van der Waals surface area contributed by atoms with E-state index in [0.29, 0.717) is 17.3 Å². The topological polar surface area (TPSA) is 29.5 Å². The Morgan fingerprint density at radius 3 is 2.85 bits per heavy atom. The third kappa shape index (κ3) is 2.72. The first kappa shape index (κ1) is 13.6. The lowest BCUT2D eigenvalue weighted by Gasteiger charge is -2.18. The van der Waals surface area contributed by atoms with Crippen LogP contribution in [0.2, 0.25) is 0 Å². The van der Waals surface area contributed by atoms with Gasteiger partial charge >= 0.3 is 0 Å². The highest BCUT2D eigenvalue weighted by Crippen LogP contribution is 2.31. The Balaban J connectivity index is 1.70. The molecule has 0 bridgehead atoms. The summed E-state index contributed by atoms with van der Waals surface area (Å²) in [4.78, 5) is 0. The normalized spacial score (nSPS) is 18.4. The van der Waals surface area contributed by atoms with E-state index in [-0.39, 0.29) is 11.9 Å². The van der Waals surface area contributed by atoms with Crippen LogP contribution in [0.25, 0.3) is 0 Å². The van der Waals surface area contributed by atoms with Gasteiger partial charge in [-0.15, -0.1) is 0 Å². The minimum atomic E-state index is -0.621. The number of aliphatic hydroxyl groups excluding tert-OH is 1. The minimum absolute atomic E-state index is 0.246. The van der Waals surface area contributed by atoms with Gasteiger partial charge in [-0.1, -0.05) is 40.2 Å². The average molecular weight is 337 g/mol. The second kappa shape index (κ2) is 5.54. The van der Waals surface area contributed by atoms with E-state index >= 15 is 0 Å². The summed E-state index contributed by atoms with van der Waals surface area (Å²) in [6.45, 7) is 0. The number of fused-ring (bicyclic) bond motifs is 1.